The first-order valence-electron chi connectivity index (χ1n) is 5.93. The maximum Gasteiger partial charge on any atom is 0.0593 e. The van der Waals surface area contributed by atoms with Gasteiger partial charge in [0.15, 0.2) is 0 Å². The lowest BCUT2D eigenvalue weighted by molar-refractivity contribution is -0.0131. The number of aliphatic hydroxyl groups is 1. The maximum atomic E-state index is 10.1. The quantitative estimate of drug-likeness (QED) is 0.709. The summed E-state index contributed by atoms with van der Waals surface area (Å²) < 4.78 is 0. The van der Waals surface area contributed by atoms with E-state index in [0.29, 0.717) is 5.41 Å². The summed E-state index contributed by atoms with van der Waals surface area (Å²) in [6, 6.07) is 0. The molecule has 0 aromatic carbocycles. The molecule has 1 saturated carbocycles. The van der Waals surface area contributed by atoms with Crippen LogP contribution in [0.3, 0.4) is 0 Å². The maximum absolute atomic E-state index is 10.1. The molecule has 0 aromatic rings. The van der Waals surface area contributed by atoms with E-state index in [1.165, 1.54) is 44.9 Å². The van der Waals surface area contributed by atoms with Crippen LogP contribution in [0.25, 0.3) is 0 Å². The number of aliphatic hydroxyl groups excluding tert-OH is 1. The van der Waals surface area contributed by atoms with Gasteiger partial charge in [-0.25, -0.2) is 0 Å². The van der Waals surface area contributed by atoms with Crippen LogP contribution in [0.2, 0.25) is 0 Å². The molecular weight excluding hydrogens is 160 g/mol. The van der Waals surface area contributed by atoms with Crippen molar-refractivity contribution in [2.45, 2.75) is 71.3 Å². The molecule has 13 heavy (non-hydrogen) atoms. The van der Waals surface area contributed by atoms with E-state index < -0.39 is 0 Å². The molecular formula is C12H24O. The first-order valence-corrected chi connectivity index (χ1v) is 5.93. The molecule has 78 valence electrons. The molecule has 0 spiro atoms. The van der Waals surface area contributed by atoms with Crippen molar-refractivity contribution in [2.24, 2.45) is 5.41 Å². The Morgan fingerprint density at radius 2 is 1.77 bits per heavy atom. The van der Waals surface area contributed by atoms with Gasteiger partial charge in [0.1, 0.15) is 0 Å². The van der Waals surface area contributed by atoms with E-state index in [-0.39, 0.29) is 6.10 Å². The van der Waals surface area contributed by atoms with Crippen LogP contribution >= 0.6 is 0 Å². The van der Waals surface area contributed by atoms with Crippen LogP contribution in [0.15, 0.2) is 0 Å². The molecule has 0 amide bonds. The Morgan fingerprint density at radius 3 is 2.23 bits per heavy atom. The largest absolute Gasteiger partial charge is 0.393 e. The molecule has 0 aliphatic heterocycles. The van der Waals surface area contributed by atoms with Gasteiger partial charge in [0.25, 0.3) is 0 Å². The normalized spacial score (nSPS) is 24.2. The second kappa shape index (κ2) is 4.99. The van der Waals surface area contributed by atoms with Crippen LogP contribution in [-0.4, -0.2) is 11.2 Å². The highest BCUT2D eigenvalue weighted by molar-refractivity contribution is 4.88. The fourth-order valence-electron chi connectivity index (χ4n) is 2.94. The lowest BCUT2D eigenvalue weighted by atomic mass is 9.67. The average molecular weight is 184 g/mol. The van der Waals surface area contributed by atoms with Crippen LogP contribution in [0.5, 0.6) is 0 Å². The third kappa shape index (κ3) is 2.46. The average Bonchev–Trinajstić information content (AvgIpc) is 2.18. The Balaban J connectivity index is 2.60. The molecule has 0 radical (unpaired) electrons. The predicted octanol–water partition coefficient (Wildman–Crippen LogP) is 3.51. The second-order valence-electron chi connectivity index (χ2n) is 4.60. The highest BCUT2D eigenvalue weighted by Gasteiger charge is 2.36. The summed E-state index contributed by atoms with van der Waals surface area (Å²) in [4.78, 5) is 0. The van der Waals surface area contributed by atoms with Crippen LogP contribution in [0.1, 0.15) is 65.2 Å². The fourth-order valence-corrected chi connectivity index (χ4v) is 2.94. The summed E-state index contributed by atoms with van der Waals surface area (Å²) in [6.45, 7) is 4.34. The van der Waals surface area contributed by atoms with Gasteiger partial charge in [-0.3, -0.25) is 0 Å². The van der Waals surface area contributed by atoms with Crippen LogP contribution < -0.4 is 0 Å². The molecule has 1 unspecified atom stereocenters. The molecule has 1 nitrogen and oxygen atoms in total. The van der Waals surface area contributed by atoms with Gasteiger partial charge in [0.05, 0.1) is 6.10 Å². The molecule has 0 aromatic heterocycles. The Kier molecular flexibility index (Phi) is 4.24. The number of hydrogen-bond acceptors (Lipinski definition) is 1. The topological polar surface area (TPSA) is 20.2 Å². The zero-order valence-corrected chi connectivity index (χ0v) is 9.18. The van der Waals surface area contributed by atoms with Gasteiger partial charge in [-0.15, -0.1) is 0 Å². The molecule has 1 atom stereocenters. The van der Waals surface area contributed by atoms with E-state index >= 15 is 0 Å². The highest BCUT2D eigenvalue weighted by atomic mass is 16.3. The van der Waals surface area contributed by atoms with E-state index in [1.807, 2.05) is 0 Å². The number of hydrogen-bond donors (Lipinski definition) is 1. The Bertz CT molecular complexity index is 131. The smallest absolute Gasteiger partial charge is 0.0593 e. The minimum absolute atomic E-state index is 0.0484. The first-order chi connectivity index (χ1) is 6.25. The Morgan fingerprint density at radius 1 is 1.15 bits per heavy atom. The highest BCUT2D eigenvalue weighted by Crippen LogP contribution is 2.43. The van der Waals surface area contributed by atoms with Crippen molar-refractivity contribution in [3.63, 3.8) is 0 Å². The molecule has 0 heterocycles. The van der Waals surface area contributed by atoms with Crippen LogP contribution in [0.4, 0.5) is 0 Å². The predicted molar refractivity (Wildman–Crippen MR) is 56.7 cm³/mol. The van der Waals surface area contributed by atoms with Crippen LogP contribution in [-0.2, 0) is 0 Å². The summed E-state index contributed by atoms with van der Waals surface area (Å²) in [7, 11) is 0. The molecule has 1 aliphatic carbocycles. The minimum Gasteiger partial charge on any atom is -0.393 e. The lowest BCUT2D eigenvalue weighted by Gasteiger charge is -2.41. The number of rotatable bonds is 4. The van der Waals surface area contributed by atoms with Gasteiger partial charge in [0, 0.05) is 0 Å². The van der Waals surface area contributed by atoms with Crippen molar-refractivity contribution in [2.75, 3.05) is 0 Å². The molecule has 1 N–H and O–H groups in total. The summed E-state index contributed by atoms with van der Waals surface area (Å²) in [5.41, 5.74) is 0.293. The monoisotopic (exact) mass is 184 g/mol. The van der Waals surface area contributed by atoms with E-state index in [4.69, 9.17) is 0 Å². The van der Waals surface area contributed by atoms with Gasteiger partial charge in [-0.05, 0) is 31.1 Å². The van der Waals surface area contributed by atoms with E-state index in [2.05, 4.69) is 13.8 Å². The third-order valence-electron chi connectivity index (χ3n) is 3.69. The minimum atomic E-state index is -0.0484. The molecule has 1 rings (SSSR count). The second-order valence-corrected chi connectivity index (χ2v) is 4.60. The van der Waals surface area contributed by atoms with Crippen molar-refractivity contribution in [1.82, 2.24) is 0 Å². The Labute approximate surface area is 82.5 Å². The molecule has 1 heteroatoms. The van der Waals surface area contributed by atoms with E-state index in [0.717, 1.165) is 6.42 Å². The van der Waals surface area contributed by atoms with Gasteiger partial charge in [-0.2, -0.15) is 0 Å². The van der Waals surface area contributed by atoms with E-state index in [9.17, 15) is 5.11 Å². The summed E-state index contributed by atoms with van der Waals surface area (Å²) in [5.74, 6) is 0. The summed E-state index contributed by atoms with van der Waals surface area (Å²) in [5, 5.41) is 10.1. The molecule has 0 saturated heterocycles. The van der Waals surface area contributed by atoms with E-state index in [1.54, 1.807) is 0 Å². The zero-order chi connectivity index (χ0) is 9.73. The fraction of sp³-hybridized carbons (Fsp3) is 1.00. The third-order valence-corrected chi connectivity index (χ3v) is 3.69. The van der Waals surface area contributed by atoms with Crippen molar-refractivity contribution < 1.29 is 5.11 Å². The molecule has 1 aliphatic rings. The standard InChI is InChI=1S/C12H24O/c1-3-8-12(11(13)4-2)9-6-5-7-10-12/h11,13H,3-10H2,1-2H3. The van der Waals surface area contributed by atoms with Crippen molar-refractivity contribution in [1.29, 1.82) is 0 Å². The molecule has 1 fully saturated rings. The van der Waals surface area contributed by atoms with Crippen LogP contribution in [0, 0.1) is 5.41 Å². The van der Waals surface area contributed by atoms with Gasteiger partial charge in [0.2, 0.25) is 0 Å². The van der Waals surface area contributed by atoms with Gasteiger partial charge < -0.3 is 5.11 Å². The SMILES string of the molecule is CCCC1(C(O)CC)CCCCC1. The van der Waals surface area contributed by atoms with Gasteiger partial charge >= 0.3 is 0 Å². The van der Waals surface area contributed by atoms with Gasteiger partial charge in [-0.1, -0.05) is 39.5 Å². The van der Waals surface area contributed by atoms with Crippen molar-refractivity contribution in [3.05, 3.63) is 0 Å². The first kappa shape index (κ1) is 11.0. The summed E-state index contributed by atoms with van der Waals surface area (Å²) in [6.07, 6.45) is 9.88. The summed E-state index contributed by atoms with van der Waals surface area (Å²) >= 11 is 0. The van der Waals surface area contributed by atoms with Crippen molar-refractivity contribution in [3.8, 4) is 0 Å². The molecule has 0 bridgehead atoms. The zero-order valence-electron chi connectivity index (χ0n) is 9.18. The van der Waals surface area contributed by atoms with Crippen molar-refractivity contribution >= 4 is 0 Å². The Hall–Kier alpha value is -0.0400. The lowest BCUT2D eigenvalue weighted by Crippen LogP contribution is -2.36.